The molecule has 2 heterocycles. The summed E-state index contributed by atoms with van der Waals surface area (Å²) in [5, 5.41) is 9.06. The van der Waals surface area contributed by atoms with Crippen molar-refractivity contribution < 1.29 is 9.90 Å². The van der Waals surface area contributed by atoms with Gasteiger partial charge in [-0.25, -0.2) is 4.98 Å². The van der Waals surface area contributed by atoms with Gasteiger partial charge in [-0.15, -0.1) is 0 Å². The van der Waals surface area contributed by atoms with Crippen LogP contribution in [0.3, 0.4) is 0 Å². The molecule has 2 aromatic heterocycles. The number of carboxylic acid groups (broad SMARTS) is 1. The second kappa shape index (κ2) is 4.11. The van der Waals surface area contributed by atoms with Gasteiger partial charge in [-0.05, 0) is 23.7 Å². The zero-order valence-electron chi connectivity index (χ0n) is 8.30. The van der Waals surface area contributed by atoms with Crippen molar-refractivity contribution in [1.29, 1.82) is 0 Å². The van der Waals surface area contributed by atoms with E-state index in [-0.39, 0.29) is 6.42 Å². The van der Waals surface area contributed by atoms with Gasteiger partial charge in [-0.1, -0.05) is 6.07 Å². The summed E-state index contributed by atoms with van der Waals surface area (Å²) < 4.78 is 1.68. The molecule has 0 aliphatic heterocycles. The Bertz CT molecular complexity index is 538. The van der Waals surface area contributed by atoms with Crippen LogP contribution in [0, 0.1) is 0 Å². The van der Waals surface area contributed by atoms with Crippen LogP contribution >= 0.6 is 11.6 Å². The van der Waals surface area contributed by atoms with Crippen LogP contribution in [0.25, 0.3) is 5.52 Å². The van der Waals surface area contributed by atoms with Gasteiger partial charge in [0, 0.05) is 12.1 Å². The van der Waals surface area contributed by atoms with Crippen LogP contribution in [0.1, 0.15) is 5.69 Å². The Morgan fingerprint density at radius 1 is 1.62 bits per heavy atom. The maximum absolute atomic E-state index is 10.7. The predicted molar refractivity (Wildman–Crippen MR) is 59.5 cm³/mol. The van der Waals surface area contributed by atoms with Crippen LogP contribution in [-0.2, 0) is 11.2 Å². The van der Waals surface area contributed by atoms with Crippen molar-refractivity contribution in [2.75, 3.05) is 0 Å². The normalized spacial score (nSPS) is 12.9. The van der Waals surface area contributed by atoms with Crippen molar-refractivity contribution in [2.45, 2.75) is 12.5 Å². The molecule has 6 heteroatoms. The van der Waals surface area contributed by atoms with Crippen molar-refractivity contribution in [1.82, 2.24) is 9.38 Å². The number of imidazole rings is 1. The number of hydrogen-bond donors (Lipinski definition) is 2. The van der Waals surface area contributed by atoms with Gasteiger partial charge in [-0.3, -0.25) is 9.20 Å². The minimum Gasteiger partial charge on any atom is -0.480 e. The maximum atomic E-state index is 10.7. The smallest absolute Gasteiger partial charge is 0.320 e. The lowest BCUT2D eigenvalue weighted by Gasteiger charge is -2.09. The molecule has 16 heavy (non-hydrogen) atoms. The molecule has 0 radical (unpaired) electrons. The Hall–Kier alpha value is -1.59. The molecule has 0 saturated heterocycles. The van der Waals surface area contributed by atoms with Crippen molar-refractivity contribution >= 4 is 23.1 Å². The van der Waals surface area contributed by atoms with E-state index in [0.29, 0.717) is 5.28 Å². The van der Waals surface area contributed by atoms with E-state index in [1.807, 2.05) is 12.1 Å². The Labute approximate surface area is 96.5 Å². The maximum Gasteiger partial charge on any atom is 0.320 e. The third-order valence-corrected chi connectivity index (χ3v) is 2.60. The third kappa shape index (κ3) is 1.87. The van der Waals surface area contributed by atoms with Gasteiger partial charge in [0.15, 0.2) is 0 Å². The summed E-state index contributed by atoms with van der Waals surface area (Å²) in [6, 6.07) is 4.50. The van der Waals surface area contributed by atoms with Crippen molar-refractivity contribution in [3.8, 4) is 0 Å². The lowest BCUT2D eigenvalue weighted by atomic mass is 10.1. The van der Waals surface area contributed by atoms with E-state index in [1.165, 1.54) is 0 Å². The van der Waals surface area contributed by atoms with E-state index >= 15 is 0 Å². The van der Waals surface area contributed by atoms with E-state index < -0.39 is 12.0 Å². The molecule has 0 amide bonds. The van der Waals surface area contributed by atoms with E-state index in [1.54, 1.807) is 16.7 Å². The lowest BCUT2D eigenvalue weighted by Crippen LogP contribution is -2.32. The first-order valence-electron chi connectivity index (χ1n) is 4.69. The molecule has 1 unspecified atom stereocenters. The van der Waals surface area contributed by atoms with Crippen molar-refractivity contribution in [3.05, 3.63) is 35.4 Å². The first-order valence-corrected chi connectivity index (χ1v) is 5.06. The zero-order valence-corrected chi connectivity index (χ0v) is 9.05. The predicted octanol–water partition coefficient (Wildman–Crippen LogP) is 0.942. The highest BCUT2D eigenvalue weighted by Gasteiger charge is 2.15. The number of rotatable bonds is 3. The molecule has 1 atom stereocenters. The van der Waals surface area contributed by atoms with Gasteiger partial charge < -0.3 is 10.8 Å². The Balaban J connectivity index is 2.44. The monoisotopic (exact) mass is 239 g/mol. The quantitative estimate of drug-likeness (QED) is 0.835. The Morgan fingerprint density at radius 3 is 3.06 bits per heavy atom. The largest absolute Gasteiger partial charge is 0.480 e. The second-order valence-corrected chi connectivity index (χ2v) is 3.79. The zero-order chi connectivity index (χ0) is 11.7. The lowest BCUT2D eigenvalue weighted by molar-refractivity contribution is -0.138. The van der Waals surface area contributed by atoms with E-state index in [9.17, 15) is 4.79 Å². The fourth-order valence-corrected chi connectivity index (χ4v) is 1.80. The summed E-state index contributed by atoms with van der Waals surface area (Å²) in [5.41, 5.74) is 7.03. The SMILES string of the molecule is NC(Cc1cccc2cnc(Cl)n12)C(=O)O. The summed E-state index contributed by atoms with van der Waals surface area (Å²) in [5.74, 6) is -1.03. The van der Waals surface area contributed by atoms with Crippen LogP contribution in [0.5, 0.6) is 0 Å². The van der Waals surface area contributed by atoms with Gasteiger partial charge in [-0.2, -0.15) is 0 Å². The Morgan fingerprint density at radius 2 is 2.38 bits per heavy atom. The summed E-state index contributed by atoms with van der Waals surface area (Å²) >= 11 is 5.90. The molecule has 3 N–H and O–H groups in total. The molecule has 0 aromatic carbocycles. The van der Waals surface area contributed by atoms with Crippen LogP contribution in [-0.4, -0.2) is 26.5 Å². The Kier molecular flexibility index (Phi) is 2.80. The molecule has 0 aliphatic carbocycles. The van der Waals surface area contributed by atoms with Crippen LogP contribution in [0.4, 0.5) is 0 Å². The number of carbonyl (C=O) groups is 1. The molecule has 2 aromatic rings. The number of aromatic nitrogens is 2. The molecule has 0 saturated carbocycles. The van der Waals surface area contributed by atoms with Gasteiger partial charge in [0.2, 0.25) is 5.28 Å². The number of aliphatic carboxylic acids is 1. The van der Waals surface area contributed by atoms with Gasteiger partial charge >= 0.3 is 5.97 Å². The van der Waals surface area contributed by atoms with Crippen LogP contribution in [0.15, 0.2) is 24.4 Å². The number of hydrogen-bond acceptors (Lipinski definition) is 3. The van der Waals surface area contributed by atoms with E-state index in [0.717, 1.165) is 11.2 Å². The molecular weight excluding hydrogens is 230 g/mol. The van der Waals surface area contributed by atoms with Gasteiger partial charge in [0.05, 0.1) is 11.7 Å². The number of carboxylic acids is 1. The number of pyridine rings is 1. The molecule has 2 rings (SSSR count). The van der Waals surface area contributed by atoms with Crippen molar-refractivity contribution in [3.63, 3.8) is 0 Å². The average Bonchev–Trinajstić information content (AvgIpc) is 2.61. The fraction of sp³-hybridized carbons (Fsp3) is 0.200. The van der Waals surface area contributed by atoms with Crippen LogP contribution in [0.2, 0.25) is 5.28 Å². The molecule has 0 bridgehead atoms. The molecule has 84 valence electrons. The fourth-order valence-electron chi connectivity index (χ4n) is 1.55. The molecular formula is C10H10ClN3O2. The summed E-state index contributed by atoms with van der Waals surface area (Å²) in [7, 11) is 0. The summed E-state index contributed by atoms with van der Waals surface area (Å²) in [6.45, 7) is 0. The third-order valence-electron chi connectivity index (χ3n) is 2.34. The molecule has 0 fully saturated rings. The molecule has 0 spiro atoms. The minimum atomic E-state index is -1.03. The molecule has 5 nitrogen and oxygen atoms in total. The highest BCUT2D eigenvalue weighted by molar-refractivity contribution is 6.28. The second-order valence-electron chi connectivity index (χ2n) is 3.45. The summed E-state index contributed by atoms with van der Waals surface area (Å²) in [6.07, 6.45) is 1.83. The van der Waals surface area contributed by atoms with Crippen molar-refractivity contribution in [2.24, 2.45) is 5.73 Å². The number of nitrogens with two attached hydrogens (primary N) is 1. The average molecular weight is 240 g/mol. The minimum absolute atomic E-state index is 0.211. The van der Waals surface area contributed by atoms with Gasteiger partial charge in [0.25, 0.3) is 0 Å². The van der Waals surface area contributed by atoms with Gasteiger partial charge in [0.1, 0.15) is 6.04 Å². The number of fused-ring (bicyclic) bond motifs is 1. The number of nitrogens with zero attached hydrogens (tertiary/aromatic N) is 2. The topological polar surface area (TPSA) is 80.6 Å². The first kappa shape index (κ1) is 10.9. The van der Waals surface area contributed by atoms with Crippen LogP contribution < -0.4 is 5.73 Å². The highest BCUT2D eigenvalue weighted by atomic mass is 35.5. The highest BCUT2D eigenvalue weighted by Crippen LogP contribution is 2.15. The van der Waals surface area contributed by atoms with E-state index in [2.05, 4.69) is 4.98 Å². The van der Waals surface area contributed by atoms with E-state index in [4.69, 9.17) is 22.4 Å². The first-order chi connectivity index (χ1) is 7.59. The summed E-state index contributed by atoms with van der Waals surface area (Å²) in [4.78, 5) is 14.6. The number of halogens is 1. The standard InChI is InChI=1S/C10H10ClN3O2/c11-10-13-5-7-3-1-2-6(14(7)10)4-8(12)9(15)16/h1-3,5,8H,4,12H2,(H,15,16). The molecule has 0 aliphatic rings.